The zero-order chi connectivity index (χ0) is 22.6. The zero-order valence-corrected chi connectivity index (χ0v) is 17.5. The van der Waals surface area contributed by atoms with E-state index < -0.39 is 45.7 Å². The van der Waals surface area contributed by atoms with Crippen LogP contribution < -0.4 is 5.32 Å². The van der Waals surface area contributed by atoms with Crippen LogP contribution in [-0.4, -0.2) is 57.5 Å². The molecule has 31 heavy (non-hydrogen) atoms. The van der Waals surface area contributed by atoms with Crippen molar-refractivity contribution in [2.24, 2.45) is 0 Å². The fraction of sp³-hybridized carbons (Fsp3) is 0.263. The summed E-state index contributed by atoms with van der Waals surface area (Å²) in [6, 6.07) is 6.01. The maximum absolute atomic E-state index is 14.1. The number of carbonyl (C=O) groups excluding carboxylic acids is 2. The van der Waals surface area contributed by atoms with Gasteiger partial charge in [-0.2, -0.15) is 4.31 Å². The lowest BCUT2D eigenvalue weighted by molar-refractivity contribution is -0.119. The van der Waals surface area contributed by atoms with Crippen LogP contribution in [0.3, 0.4) is 0 Å². The number of anilines is 1. The fourth-order valence-corrected chi connectivity index (χ4v) is 4.39. The van der Waals surface area contributed by atoms with Gasteiger partial charge in [-0.3, -0.25) is 4.79 Å². The van der Waals surface area contributed by atoms with Gasteiger partial charge in [0.25, 0.3) is 5.91 Å². The summed E-state index contributed by atoms with van der Waals surface area (Å²) in [7, 11) is -3.96. The second-order valence-corrected chi connectivity index (χ2v) is 8.75. The number of halogens is 3. The Bertz CT molecular complexity index is 1110. The molecule has 1 saturated heterocycles. The third-order valence-electron chi connectivity index (χ3n) is 4.31. The van der Waals surface area contributed by atoms with E-state index in [4.69, 9.17) is 21.1 Å². The van der Waals surface area contributed by atoms with Crippen LogP contribution in [0.5, 0.6) is 0 Å². The average Bonchev–Trinajstić information content (AvgIpc) is 2.75. The molecule has 0 radical (unpaired) electrons. The molecule has 2 aromatic carbocycles. The highest BCUT2D eigenvalue weighted by atomic mass is 35.5. The van der Waals surface area contributed by atoms with Crippen molar-refractivity contribution in [3.63, 3.8) is 0 Å². The second kappa shape index (κ2) is 9.69. The van der Waals surface area contributed by atoms with Crippen LogP contribution in [0.15, 0.2) is 41.3 Å². The van der Waals surface area contributed by atoms with Gasteiger partial charge in [-0.15, -0.1) is 0 Å². The van der Waals surface area contributed by atoms with Gasteiger partial charge in [0, 0.05) is 13.1 Å². The van der Waals surface area contributed by atoms with Gasteiger partial charge in [0.2, 0.25) is 10.0 Å². The van der Waals surface area contributed by atoms with Crippen LogP contribution in [0.2, 0.25) is 5.02 Å². The number of esters is 1. The SMILES string of the molecule is O=C(COC(=O)c1cc(S(=O)(=O)N2CCOCC2)ccc1F)Nc1ccc(F)cc1Cl. The molecule has 0 aliphatic carbocycles. The van der Waals surface area contributed by atoms with Crippen molar-refractivity contribution < 1.29 is 36.3 Å². The van der Waals surface area contributed by atoms with Crippen molar-refractivity contribution in [3.8, 4) is 0 Å². The Kier molecular flexibility index (Phi) is 7.21. The lowest BCUT2D eigenvalue weighted by Gasteiger charge is -2.26. The van der Waals surface area contributed by atoms with Crippen LogP contribution in [0.1, 0.15) is 10.4 Å². The molecule has 0 unspecified atom stereocenters. The lowest BCUT2D eigenvalue weighted by atomic mass is 10.2. The first-order chi connectivity index (χ1) is 14.7. The number of sulfonamides is 1. The molecule has 1 fully saturated rings. The van der Waals surface area contributed by atoms with Gasteiger partial charge in [0.1, 0.15) is 11.6 Å². The van der Waals surface area contributed by atoms with Crippen molar-refractivity contribution in [2.45, 2.75) is 4.90 Å². The molecule has 1 N–H and O–H groups in total. The highest BCUT2D eigenvalue weighted by Gasteiger charge is 2.28. The van der Waals surface area contributed by atoms with E-state index in [0.29, 0.717) is 0 Å². The molecule has 166 valence electrons. The number of benzene rings is 2. The maximum atomic E-state index is 14.1. The lowest BCUT2D eigenvalue weighted by Crippen LogP contribution is -2.40. The predicted octanol–water partition coefficient (Wildman–Crippen LogP) is 2.43. The second-order valence-electron chi connectivity index (χ2n) is 6.41. The van der Waals surface area contributed by atoms with Crippen molar-refractivity contribution >= 4 is 39.2 Å². The normalized spacial score (nSPS) is 14.8. The van der Waals surface area contributed by atoms with E-state index in [1.165, 1.54) is 10.4 Å². The van der Waals surface area contributed by atoms with E-state index in [2.05, 4.69) is 5.32 Å². The number of morpholine rings is 1. The van der Waals surface area contributed by atoms with Crippen LogP contribution in [0.4, 0.5) is 14.5 Å². The monoisotopic (exact) mass is 474 g/mol. The summed E-state index contributed by atoms with van der Waals surface area (Å²) < 4.78 is 63.6. The molecule has 0 spiro atoms. The number of hydrogen-bond donors (Lipinski definition) is 1. The topological polar surface area (TPSA) is 102 Å². The molecular weight excluding hydrogens is 458 g/mol. The van der Waals surface area contributed by atoms with Crippen LogP contribution in [0, 0.1) is 11.6 Å². The van der Waals surface area contributed by atoms with Crippen molar-refractivity contribution in [3.05, 3.63) is 58.6 Å². The number of carbonyl (C=O) groups is 2. The van der Waals surface area contributed by atoms with Crippen LogP contribution in [-0.2, 0) is 24.3 Å². The molecule has 1 aliphatic heterocycles. The van der Waals surface area contributed by atoms with Gasteiger partial charge in [0.15, 0.2) is 6.61 Å². The molecule has 0 aromatic heterocycles. The minimum atomic E-state index is -3.96. The Hall–Kier alpha value is -2.60. The van der Waals surface area contributed by atoms with Crippen LogP contribution >= 0.6 is 11.6 Å². The Morgan fingerprint density at radius 3 is 2.52 bits per heavy atom. The van der Waals surface area contributed by atoms with E-state index >= 15 is 0 Å². The summed E-state index contributed by atoms with van der Waals surface area (Å²) in [6.07, 6.45) is 0. The molecule has 3 rings (SSSR count). The molecule has 12 heteroatoms. The van der Waals surface area contributed by atoms with Gasteiger partial charge >= 0.3 is 5.97 Å². The number of amides is 1. The summed E-state index contributed by atoms with van der Waals surface area (Å²) in [4.78, 5) is 23.9. The zero-order valence-electron chi connectivity index (χ0n) is 15.9. The molecule has 8 nitrogen and oxygen atoms in total. The third kappa shape index (κ3) is 5.56. The van der Waals surface area contributed by atoms with E-state index in [1.54, 1.807) is 0 Å². The molecule has 0 saturated carbocycles. The van der Waals surface area contributed by atoms with Crippen molar-refractivity contribution in [1.82, 2.24) is 4.31 Å². The predicted molar refractivity (Wildman–Crippen MR) is 106 cm³/mol. The Morgan fingerprint density at radius 2 is 1.84 bits per heavy atom. The minimum absolute atomic E-state index is 0.0632. The van der Waals surface area contributed by atoms with Gasteiger partial charge in [0.05, 0.1) is 34.4 Å². The summed E-state index contributed by atoms with van der Waals surface area (Å²) in [5.74, 6) is -3.64. The highest BCUT2D eigenvalue weighted by Crippen LogP contribution is 2.23. The molecule has 1 heterocycles. The summed E-state index contributed by atoms with van der Waals surface area (Å²) in [5.41, 5.74) is -0.546. The van der Waals surface area contributed by atoms with Gasteiger partial charge in [-0.05, 0) is 36.4 Å². The number of nitrogens with one attached hydrogen (secondary N) is 1. The molecule has 1 aliphatic rings. The van der Waals surface area contributed by atoms with E-state index in [1.807, 2.05) is 0 Å². The first-order valence-corrected chi connectivity index (χ1v) is 10.8. The first-order valence-electron chi connectivity index (χ1n) is 8.98. The van der Waals surface area contributed by atoms with E-state index in [-0.39, 0.29) is 41.9 Å². The standard InChI is InChI=1S/C19H17ClF2N2O6S/c20-15-9-12(21)1-4-17(15)23-18(25)11-30-19(26)14-10-13(2-3-16(14)22)31(27,28)24-5-7-29-8-6-24/h1-4,9-10H,5-8,11H2,(H,23,25). The third-order valence-corrected chi connectivity index (χ3v) is 6.51. The molecule has 2 aromatic rings. The molecule has 1 amide bonds. The van der Waals surface area contributed by atoms with Crippen molar-refractivity contribution in [1.29, 1.82) is 0 Å². The van der Waals surface area contributed by atoms with Crippen molar-refractivity contribution in [2.75, 3.05) is 38.2 Å². The largest absolute Gasteiger partial charge is 0.452 e. The molecular formula is C19H17ClF2N2O6S. The Labute approximate surface area is 181 Å². The molecule has 0 bridgehead atoms. The van der Waals surface area contributed by atoms with E-state index in [0.717, 1.165) is 30.3 Å². The first kappa shape index (κ1) is 23.1. The fourth-order valence-electron chi connectivity index (χ4n) is 2.74. The average molecular weight is 475 g/mol. The maximum Gasteiger partial charge on any atom is 0.341 e. The number of hydrogen-bond acceptors (Lipinski definition) is 6. The van der Waals surface area contributed by atoms with Gasteiger partial charge in [-0.1, -0.05) is 11.6 Å². The number of ether oxygens (including phenoxy) is 2. The number of nitrogens with zero attached hydrogens (tertiary/aromatic N) is 1. The minimum Gasteiger partial charge on any atom is -0.452 e. The summed E-state index contributed by atoms with van der Waals surface area (Å²) in [5, 5.41) is 2.25. The Balaban J connectivity index is 1.68. The van der Waals surface area contributed by atoms with Gasteiger partial charge < -0.3 is 14.8 Å². The van der Waals surface area contributed by atoms with Crippen LogP contribution in [0.25, 0.3) is 0 Å². The Morgan fingerprint density at radius 1 is 1.13 bits per heavy atom. The summed E-state index contributed by atoms with van der Waals surface area (Å²) >= 11 is 5.80. The van der Waals surface area contributed by atoms with Gasteiger partial charge in [-0.25, -0.2) is 22.0 Å². The summed E-state index contributed by atoms with van der Waals surface area (Å²) in [6.45, 7) is -0.0886. The number of rotatable bonds is 6. The highest BCUT2D eigenvalue weighted by molar-refractivity contribution is 7.89. The smallest absolute Gasteiger partial charge is 0.341 e. The van der Waals surface area contributed by atoms with E-state index in [9.17, 15) is 26.8 Å². The quantitative estimate of drug-likeness (QED) is 0.645. The molecule has 0 atom stereocenters.